The van der Waals surface area contributed by atoms with E-state index in [1.54, 1.807) is 12.3 Å². The highest BCUT2D eigenvalue weighted by Crippen LogP contribution is 2.29. The Kier molecular flexibility index (Phi) is 8.07. The molecule has 3 aromatic rings. The van der Waals surface area contributed by atoms with E-state index in [1.165, 1.54) is 0 Å². The van der Waals surface area contributed by atoms with Gasteiger partial charge in [0, 0.05) is 10.0 Å². The van der Waals surface area contributed by atoms with Crippen LogP contribution in [0.3, 0.4) is 0 Å². The van der Waals surface area contributed by atoms with Gasteiger partial charge in [-0.15, -0.1) is 0 Å². The van der Waals surface area contributed by atoms with Crippen molar-refractivity contribution in [3.63, 3.8) is 0 Å². The number of nitrogens with one attached hydrogen (secondary N) is 1. The summed E-state index contributed by atoms with van der Waals surface area (Å²) < 4.78 is 9.03. The van der Waals surface area contributed by atoms with Crippen molar-refractivity contribution in [2.24, 2.45) is 5.10 Å². The molecule has 0 fully saturated rings. The van der Waals surface area contributed by atoms with Crippen molar-refractivity contribution >= 4 is 73.2 Å². The molecule has 0 aromatic heterocycles. The van der Waals surface area contributed by atoms with Crippen molar-refractivity contribution in [2.75, 3.05) is 0 Å². The third-order valence-corrected chi connectivity index (χ3v) is 6.22. The van der Waals surface area contributed by atoms with Crippen molar-refractivity contribution in [3.8, 4) is 5.75 Å². The van der Waals surface area contributed by atoms with Crippen LogP contribution in [-0.4, -0.2) is 12.1 Å². The molecule has 0 unspecified atom stereocenters. The van der Waals surface area contributed by atoms with E-state index in [2.05, 4.69) is 71.6 Å². The monoisotopic (exact) mass is 674 g/mol. The number of aryl methyl sites for hydroxylation is 1. The summed E-state index contributed by atoms with van der Waals surface area (Å²) in [5.74, 6) is 0.619. The molecule has 0 spiro atoms. The molecule has 0 bridgehead atoms. The van der Waals surface area contributed by atoms with E-state index in [-0.39, 0.29) is 5.91 Å². The van der Waals surface area contributed by atoms with Crippen LogP contribution in [0.1, 0.15) is 27.0 Å². The molecular formula is C22H17BrI2N2O2. The number of carbonyl (C=O) groups excluding carboxylic acids is 1. The van der Waals surface area contributed by atoms with Gasteiger partial charge in [-0.1, -0.05) is 46.3 Å². The normalized spacial score (nSPS) is 10.9. The second kappa shape index (κ2) is 10.5. The maximum Gasteiger partial charge on any atom is 0.271 e. The van der Waals surface area contributed by atoms with Crippen LogP contribution < -0.4 is 10.2 Å². The minimum absolute atomic E-state index is 0.224. The van der Waals surface area contributed by atoms with E-state index in [9.17, 15) is 4.79 Å². The molecule has 3 rings (SSSR count). The Morgan fingerprint density at radius 2 is 1.76 bits per heavy atom. The molecule has 0 saturated heterocycles. The van der Waals surface area contributed by atoms with Gasteiger partial charge in [-0.3, -0.25) is 4.79 Å². The molecule has 29 heavy (non-hydrogen) atoms. The number of hydrazone groups is 1. The zero-order chi connectivity index (χ0) is 20.8. The molecule has 0 aliphatic rings. The van der Waals surface area contributed by atoms with Crippen LogP contribution in [-0.2, 0) is 6.61 Å². The Hall–Kier alpha value is -1.46. The third kappa shape index (κ3) is 6.26. The molecule has 1 amide bonds. The summed E-state index contributed by atoms with van der Waals surface area (Å²) in [6.45, 7) is 2.40. The maximum absolute atomic E-state index is 12.2. The van der Waals surface area contributed by atoms with E-state index in [4.69, 9.17) is 4.74 Å². The Balaban J connectivity index is 1.65. The highest BCUT2D eigenvalue weighted by atomic mass is 127. The van der Waals surface area contributed by atoms with Gasteiger partial charge in [-0.2, -0.15) is 5.10 Å². The molecule has 0 radical (unpaired) electrons. The number of amides is 1. The highest BCUT2D eigenvalue weighted by Gasteiger charge is 2.10. The summed E-state index contributed by atoms with van der Waals surface area (Å²) in [6, 6.07) is 19.4. The third-order valence-electron chi connectivity index (χ3n) is 4.09. The molecule has 148 valence electrons. The number of rotatable bonds is 6. The molecule has 0 aliphatic heterocycles. The topological polar surface area (TPSA) is 50.7 Å². The fraction of sp³-hybridized carbons (Fsp3) is 0.0909. The van der Waals surface area contributed by atoms with E-state index in [0.29, 0.717) is 12.2 Å². The van der Waals surface area contributed by atoms with Gasteiger partial charge in [0.25, 0.3) is 5.91 Å². The van der Waals surface area contributed by atoms with Crippen LogP contribution in [0.5, 0.6) is 5.75 Å². The summed E-state index contributed by atoms with van der Waals surface area (Å²) >= 11 is 7.94. The van der Waals surface area contributed by atoms with Gasteiger partial charge in [0.2, 0.25) is 0 Å². The predicted molar refractivity (Wildman–Crippen MR) is 137 cm³/mol. The van der Waals surface area contributed by atoms with E-state index in [1.807, 2.05) is 61.5 Å². The lowest BCUT2D eigenvalue weighted by atomic mass is 10.1. The molecular weight excluding hydrogens is 658 g/mol. The first-order valence-electron chi connectivity index (χ1n) is 8.69. The first-order chi connectivity index (χ1) is 13.9. The molecule has 0 heterocycles. The minimum atomic E-state index is -0.224. The first kappa shape index (κ1) is 22.2. The number of hydrogen-bond acceptors (Lipinski definition) is 3. The number of nitrogens with zero attached hydrogens (tertiary/aromatic N) is 1. The number of ether oxygens (including phenoxy) is 1. The van der Waals surface area contributed by atoms with Crippen molar-refractivity contribution in [2.45, 2.75) is 13.5 Å². The van der Waals surface area contributed by atoms with E-state index >= 15 is 0 Å². The van der Waals surface area contributed by atoms with Gasteiger partial charge in [-0.25, -0.2) is 5.43 Å². The zero-order valence-corrected chi connectivity index (χ0v) is 21.4. The van der Waals surface area contributed by atoms with Gasteiger partial charge in [0.1, 0.15) is 12.4 Å². The zero-order valence-electron chi connectivity index (χ0n) is 15.5. The van der Waals surface area contributed by atoms with Gasteiger partial charge in [0.05, 0.1) is 13.4 Å². The number of halogens is 3. The van der Waals surface area contributed by atoms with Crippen LogP contribution in [0, 0.1) is 14.1 Å². The summed E-state index contributed by atoms with van der Waals surface area (Å²) in [5, 5.41) is 4.10. The highest BCUT2D eigenvalue weighted by molar-refractivity contribution is 14.1. The van der Waals surface area contributed by atoms with E-state index < -0.39 is 0 Å². The molecule has 7 heteroatoms. The molecule has 0 aliphatic carbocycles. The summed E-state index contributed by atoms with van der Waals surface area (Å²) in [5.41, 5.74) is 6.10. The van der Waals surface area contributed by atoms with E-state index in [0.717, 1.165) is 34.1 Å². The summed E-state index contributed by atoms with van der Waals surface area (Å²) in [7, 11) is 0. The van der Waals surface area contributed by atoms with Crippen molar-refractivity contribution in [1.82, 2.24) is 5.43 Å². The second-order valence-corrected chi connectivity index (χ2v) is 9.48. The van der Waals surface area contributed by atoms with Gasteiger partial charge >= 0.3 is 0 Å². The van der Waals surface area contributed by atoms with Crippen molar-refractivity contribution < 1.29 is 9.53 Å². The predicted octanol–water partition coefficient (Wildman–Crippen LogP) is 6.31. The number of carbonyl (C=O) groups is 1. The average molecular weight is 675 g/mol. The van der Waals surface area contributed by atoms with Crippen LogP contribution in [0.4, 0.5) is 0 Å². The molecule has 0 saturated carbocycles. The van der Waals surface area contributed by atoms with Crippen LogP contribution in [0.25, 0.3) is 0 Å². The quantitative estimate of drug-likeness (QED) is 0.189. The van der Waals surface area contributed by atoms with Gasteiger partial charge in [-0.05, 0) is 99.1 Å². The summed E-state index contributed by atoms with van der Waals surface area (Å²) in [4.78, 5) is 12.2. The fourth-order valence-corrected chi connectivity index (χ4v) is 4.97. The standard InChI is InChI=1S/C22H17BrI2N2O2/c1-14-4-2-3-5-18(14)22(28)27-26-12-16-10-19(24)21(20(25)11-16)29-13-15-6-8-17(23)9-7-15/h2-12H,13H2,1H3,(H,27,28)/b26-12+. The number of hydrogen-bond donors (Lipinski definition) is 1. The molecule has 3 aromatic carbocycles. The minimum Gasteiger partial charge on any atom is -0.487 e. The first-order valence-corrected chi connectivity index (χ1v) is 11.6. The smallest absolute Gasteiger partial charge is 0.271 e. The Morgan fingerprint density at radius 3 is 2.41 bits per heavy atom. The summed E-state index contributed by atoms with van der Waals surface area (Å²) in [6.07, 6.45) is 1.64. The molecule has 4 nitrogen and oxygen atoms in total. The fourth-order valence-electron chi connectivity index (χ4n) is 2.58. The molecule has 1 N–H and O–H groups in total. The Bertz CT molecular complexity index is 1030. The SMILES string of the molecule is Cc1ccccc1C(=O)N/N=C/c1cc(I)c(OCc2ccc(Br)cc2)c(I)c1. The van der Waals surface area contributed by atoms with Crippen LogP contribution in [0.2, 0.25) is 0 Å². The maximum atomic E-state index is 12.2. The Labute approximate surface area is 205 Å². The number of benzene rings is 3. The van der Waals surface area contributed by atoms with Crippen LogP contribution >= 0.6 is 61.1 Å². The Morgan fingerprint density at radius 1 is 1.10 bits per heavy atom. The van der Waals surface area contributed by atoms with Crippen molar-refractivity contribution in [1.29, 1.82) is 0 Å². The lowest BCUT2D eigenvalue weighted by Gasteiger charge is -2.11. The molecule has 0 atom stereocenters. The lowest BCUT2D eigenvalue weighted by Crippen LogP contribution is -2.18. The second-order valence-electron chi connectivity index (χ2n) is 6.24. The van der Waals surface area contributed by atoms with Crippen molar-refractivity contribution in [3.05, 3.63) is 94.5 Å². The largest absolute Gasteiger partial charge is 0.487 e. The average Bonchev–Trinajstić information content (AvgIpc) is 2.69. The lowest BCUT2D eigenvalue weighted by molar-refractivity contribution is 0.0954. The van der Waals surface area contributed by atoms with Crippen LogP contribution in [0.15, 0.2) is 70.2 Å². The van der Waals surface area contributed by atoms with Gasteiger partial charge < -0.3 is 4.74 Å². The van der Waals surface area contributed by atoms with Gasteiger partial charge in [0.15, 0.2) is 0 Å².